The van der Waals surface area contributed by atoms with E-state index in [1.807, 2.05) is 42.5 Å². The quantitative estimate of drug-likeness (QED) is 0.445. The van der Waals surface area contributed by atoms with Gasteiger partial charge in [-0.05, 0) is 41.5 Å². The van der Waals surface area contributed by atoms with Gasteiger partial charge in [0.15, 0.2) is 0 Å². The number of H-pyrrole nitrogens is 1. The van der Waals surface area contributed by atoms with Crippen LogP contribution in [0, 0.1) is 0 Å². The normalized spacial score (nSPS) is 14.9. The van der Waals surface area contributed by atoms with Gasteiger partial charge in [0.05, 0.1) is 38.3 Å². The lowest BCUT2D eigenvalue weighted by Crippen LogP contribution is -2.46. The van der Waals surface area contributed by atoms with Crippen LogP contribution in [0.2, 0.25) is 0 Å². The van der Waals surface area contributed by atoms with Crippen molar-refractivity contribution in [2.75, 3.05) is 59.7 Å². The van der Waals surface area contributed by atoms with Crippen LogP contribution in [-0.2, 0) is 11.3 Å². The number of aromatic nitrogens is 2. The molecule has 8 nitrogen and oxygen atoms in total. The summed E-state index contributed by atoms with van der Waals surface area (Å²) in [6, 6.07) is 17.8. The van der Waals surface area contributed by atoms with Gasteiger partial charge in [0.25, 0.3) is 0 Å². The minimum absolute atomic E-state index is 0.0766. The summed E-state index contributed by atoms with van der Waals surface area (Å²) in [5.74, 6) is 0.768. The maximum Gasteiger partial charge on any atom is 0.345 e. The highest BCUT2D eigenvalue weighted by Gasteiger charge is 2.16. The van der Waals surface area contributed by atoms with Crippen LogP contribution < -0.4 is 10.4 Å². The van der Waals surface area contributed by atoms with E-state index in [-0.39, 0.29) is 12.3 Å². The molecular weight excluding hydrogens is 432 g/mol. The second-order valence-electron chi connectivity index (χ2n) is 8.36. The van der Waals surface area contributed by atoms with Crippen LogP contribution in [0.4, 0.5) is 0 Å². The Balaban J connectivity index is 1.36. The molecule has 2 N–H and O–H groups in total. The molecule has 0 spiro atoms. The third kappa shape index (κ3) is 6.51. The highest BCUT2D eigenvalue weighted by Crippen LogP contribution is 2.24. The van der Waals surface area contributed by atoms with E-state index in [1.165, 1.54) is 5.56 Å². The highest BCUT2D eigenvalue weighted by molar-refractivity contribution is 5.67. The van der Waals surface area contributed by atoms with E-state index in [4.69, 9.17) is 14.6 Å². The lowest BCUT2D eigenvalue weighted by molar-refractivity contribution is 0.0564. The van der Waals surface area contributed by atoms with Gasteiger partial charge in [-0.2, -0.15) is 4.98 Å². The molecule has 0 unspecified atom stereocenters. The zero-order chi connectivity index (χ0) is 23.8. The second-order valence-corrected chi connectivity index (χ2v) is 8.36. The van der Waals surface area contributed by atoms with Crippen molar-refractivity contribution in [3.05, 3.63) is 70.6 Å². The predicted molar refractivity (Wildman–Crippen MR) is 132 cm³/mol. The number of hydrogen-bond acceptors (Lipinski definition) is 7. The van der Waals surface area contributed by atoms with Crippen molar-refractivity contribution >= 4 is 0 Å². The third-order valence-electron chi connectivity index (χ3n) is 6.05. The Morgan fingerprint density at radius 2 is 1.62 bits per heavy atom. The van der Waals surface area contributed by atoms with E-state index in [2.05, 4.69) is 31.9 Å². The Hall–Kier alpha value is -3.04. The molecule has 2 aromatic carbocycles. The fourth-order valence-electron chi connectivity index (χ4n) is 4.10. The SMILES string of the molecule is COc1ccc(-c2cc(-c3ccc(CN4CCN(CCOCCO)CC4)cc3)nc(=O)[nH]2)cc1. The molecule has 1 aromatic heterocycles. The van der Waals surface area contributed by atoms with E-state index in [9.17, 15) is 4.79 Å². The van der Waals surface area contributed by atoms with Gasteiger partial charge in [-0.3, -0.25) is 9.80 Å². The molecule has 1 saturated heterocycles. The molecule has 1 aliphatic heterocycles. The summed E-state index contributed by atoms with van der Waals surface area (Å²) in [6.45, 7) is 7.03. The Morgan fingerprint density at radius 1 is 0.941 bits per heavy atom. The van der Waals surface area contributed by atoms with Crippen molar-refractivity contribution in [2.24, 2.45) is 0 Å². The van der Waals surface area contributed by atoms with Gasteiger partial charge < -0.3 is 19.6 Å². The molecule has 1 aliphatic rings. The van der Waals surface area contributed by atoms with Gasteiger partial charge in [-0.25, -0.2) is 4.79 Å². The highest BCUT2D eigenvalue weighted by atomic mass is 16.5. The molecule has 0 bridgehead atoms. The van der Waals surface area contributed by atoms with Crippen LogP contribution >= 0.6 is 0 Å². The molecule has 34 heavy (non-hydrogen) atoms. The van der Waals surface area contributed by atoms with Gasteiger partial charge in [0, 0.05) is 44.8 Å². The van der Waals surface area contributed by atoms with Crippen molar-refractivity contribution in [1.29, 1.82) is 0 Å². The first-order valence-electron chi connectivity index (χ1n) is 11.6. The van der Waals surface area contributed by atoms with Gasteiger partial charge in [-0.15, -0.1) is 0 Å². The largest absolute Gasteiger partial charge is 0.497 e. The number of rotatable bonds is 10. The molecule has 3 aromatic rings. The number of hydrogen-bond donors (Lipinski definition) is 2. The maximum atomic E-state index is 12.2. The zero-order valence-corrected chi connectivity index (χ0v) is 19.6. The fourth-order valence-corrected chi connectivity index (χ4v) is 4.10. The molecule has 2 heterocycles. The van der Waals surface area contributed by atoms with Crippen molar-refractivity contribution in [2.45, 2.75) is 6.54 Å². The van der Waals surface area contributed by atoms with Crippen molar-refractivity contribution in [1.82, 2.24) is 19.8 Å². The Morgan fingerprint density at radius 3 is 2.29 bits per heavy atom. The smallest absolute Gasteiger partial charge is 0.345 e. The van der Waals surface area contributed by atoms with E-state index in [0.717, 1.165) is 61.8 Å². The first-order valence-corrected chi connectivity index (χ1v) is 11.6. The number of aromatic amines is 1. The average molecular weight is 465 g/mol. The summed E-state index contributed by atoms with van der Waals surface area (Å²) in [7, 11) is 1.63. The Labute approximate surface area is 199 Å². The molecule has 0 aliphatic carbocycles. The first-order chi connectivity index (χ1) is 16.6. The summed E-state index contributed by atoms with van der Waals surface area (Å²) >= 11 is 0. The molecule has 4 rings (SSSR count). The summed E-state index contributed by atoms with van der Waals surface area (Å²) in [5, 5.41) is 8.78. The average Bonchev–Trinajstić information content (AvgIpc) is 2.88. The maximum absolute atomic E-state index is 12.2. The van der Waals surface area contributed by atoms with Crippen LogP contribution in [0.3, 0.4) is 0 Å². The molecule has 1 fully saturated rings. The van der Waals surface area contributed by atoms with Gasteiger partial charge in [0.2, 0.25) is 0 Å². The van der Waals surface area contributed by atoms with Crippen LogP contribution in [-0.4, -0.2) is 84.5 Å². The predicted octanol–water partition coefficient (Wildman–Crippen LogP) is 2.24. The number of nitrogens with zero attached hydrogens (tertiary/aromatic N) is 3. The van der Waals surface area contributed by atoms with Gasteiger partial charge >= 0.3 is 5.69 Å². The Kier molecular flexibility index (Phi) is 8.43. The molecule has 0 atom stereocenters. The lowest BCUT2D eigenvalue weighted by Gasteiger charge is -2.34. The van der Waals surface area contributed by atoms with Crippen LogP contribution in [0.1, 0.15) is 5.56 Å². The van der Waals surface area contributed by atoms with E-state index in [0.29, 0.717) is 18.9 Å². The van der Waals surface area contributed by atoms with E-state index >= 15 is 0 Å². The molecule has 0 radical (unpaired) electrons. The summed E-state index contributed by atoms with van der Waals surface area (Å²) < 4.78 is 10.6. The number of methoxy groups -OCH3 is 1. The molecule has 0 amide bonds. The topological polar surface area (TPSA) is 90.9 Å². The number of benzene rings is 2. The van der Waals surface area contributed by atoms with E-state index in [1.54, 1.807) is 7.11 Å². The van der Waals surface area contributed by atoms with Gasteiger partial charge in [0.1, 0.15) is 5.75 Å². The van der Waals surface area contributed by atoms with Crippen LogP contribution in [0.15, 0.2) is 59.4 Å². The number of nitrogens with one attached hydrogen (secondary N) is 1. The third-order valence-corrected chi connectivity index (χ3v) is 6.05. The van der Waals surface area contributed by atoms with Crippen LogP contribution in [0.5, 0.6) is 5.75 Å². The van der Waals surface area contributed by atoms with E-state index < -0.39 is 0 Å². The zero-order valence-electron chi connectivity index (χ0n) is 19.6. The Bertz CT molecular complexity index is 1090. The fraction of sp³-hybridized carbons (Fsp3) is 0.385. The summed E-state index contributed by atoms with van der Waals surface area (Å²) in [4.78, 5) is 24.1. The van der Waals surface area contributed by atoms with Crippen molar-refractivity contribution < 1.29 is 14.6 Å². The summed E-state index contributed by atoms with van der Waals surface area (Å²) in [6.07, 6.45) is 0. The van der Waals surface area contributed by atoms with Crippen molar-refractivity contribution in [3.8, 4) is 28.3 Å². The van der Waals surface area contributed by atoms with Crippen molar-refractivity contribution in [3.63, 3.8) is 0 Å². The monoisotopic (exact) mass is 464 g/mol. The molecule has 0 saturated carbocycles. The minimum Gasteiger partial charge on any atom is -0.497 e. The first kappa shape index (κ1) is 24.1. The lowest BCUT2D eigenvalue weighted by atomic mass is 10.1. The molecule has 180 valence electrons. The minimum atomic E-state index is -0.368. The standard InChI is InChI=1S/C26H32N4O4/c1-33-23-8-6-22(7-9-23)25-18-24(27-26(32)28-25)21-4-2-20(3-5-21)19-30-12-10-29(11-13-30)14-16-34-17-15-31/h2-9,18,31H,10-17,19H2,1H3,(H,27,28,32). The number of piperazine rings is 1. The molecule has 8 heteroatoms. The van der Waals surface area contributed by atoms with Crippen LogP contribution in [0.25, 0.3) is 22.5 Å². The molecular formula is C26H32N4O4. The summed E-state index contributed by atoms with van der Waals surface area (Å²) in [5.41, 5.74) is 4.06. The second kappa shape index (κ2) is 11.9. The van der Waals surface area contributed by atoms with Gasteiger partial charge in [-0.1, -0.05) is 24.3 Å². The number of aliphatic hydroxyl groups is 1. The number of aliphatic hydroxyl groups excluding tert-OH is 1. The number of ether oxygens (including phenoxy) is 2.